The SMILES string of the molecule is CCCC1CCN(c2ccc([C@H](C)O)cn2)CC1. The van der Waals surface area contributed by atoms with E-state index in [1.165, 1.54) is 25.7 Å². The standard InChI is InChI=1S/C15H24N2O/c1-3-4-13-7-9-17(10-8-13)15-6-5-14(11-16-15)12(2)18/h5-6,11-13,18H,3-4,7-10H2,1-2H3/t12-/m0/s1. The number of piperidine rings is 1. The summed E-state index contributed by atoms with van der Waals surface area (Å²) in [4.78, 5) is 6.82. The van der Waals surface area contributed by atoms with Crippen molar-refractivity contribution in [3.63, 3.8) is 0 Å². The molecule has 0 bridgehead atoms. The number of nitrogens with zero attached hydrogens (tertiary/aromatic N) is 2. The molecule has 1 saturated heterocycles. The minimum Gasteiger partial charge on any atom is -0.389 e. The summed E-state index contributed by atoms with van der Waals surface area (Å²) in [6.45, 7) is 6.27. The van der Waals surface area contributed by atoms with E-state index in [0.717, 1.165) is 30.4 Å². The van der Waals surface area contributed by atoms with Crippen molar-refractivity contribution in [1.82, 2.24) is 4.98 Å². The van der Waals surface area contributed by atoms with Crippen LogP contribution in [0, 0.1) is 5.92 Å². The second-order valence-electron chi connectivity index (χ2n) is 5.34. The lowest BCUT2D eigenvalue weighted by Gasteiger charge is -2.32. The minimum atomic E-state index is -0.429. The molecule has 1 fully saturated rings. The molecule has 1 N–H and O–H groups in total. The van der Waals surface area contributed by atoms with E-state index in [1.807, 2.05) is 12.1 Å². The maximum absolute atomic E-state index is 9.47. The maximum Gasteiger partial charge on any atom is 0.128 e. The summed E-state index contributed by atoms with van der Waals surface area (Å²) in [5, 5.41) is 9.47. The van der Waals surface area contributed by atoms with Gasteiger partial charge in [0.05, 0.1) is 6.10 Å². The van der Waals surface area contributed by atoms with Crippen LogP contribution in [0.4, 0.5) is 5.82 Å². The number of aliphatic hydroxyl groups is 1. The molecule has 2 rings (SSSR count). The van der Waals surface area contributed by atoms with Gasteiger partial charge in [0.1, 0.15) is 5.82 Å². The Morgan fingerprint density at radius 2 is 2.11 bits per heavy atom. The van der Waals surface area contributed by atoms with E-state index in [-0.39, 0.29) is 0 Å². The van der Waals surface area contributed by atoms with E-state index in [9.17, 15) is 5.11 Å². The first-order valence-corrected chi connectivity index (χ1v) is 7.09. The summed E-state index contributed by atoms with van der Waals surface area (Å²) in [7, 11) is 0. The normalized spacial score (nSPS) is 18.9. The summed E-state index contributed by atoms with van der Waals surface area (Å²) in [6.07, 6.45) is 6.59. The fourth-order valence-corrected chi connectivity index (χ4v) is 2.69. The van der Waals surface area contributed by atoms with Gasteiger partial charge in [0, 0.05) is 19.3 Å². The van der Waals surface area contributed by atoms with Crippen LogP contribution in [0.25, 0.3) is 0 Å². The van der Waals surface area contributed by atoms with Crippen molar-refractivity contribution in [3.05, 3.63) is 23.9 Å². The molecule has 18 heavy (non-hydrogen) atoms. The van der Waals surface area contributed by atoms with Crippen LogP contribution in [0.1, 0.15) is 51.2 Å². The Morgan fingerprint density at radius 1 is 1.39 bits per heavy atom. The van der Waals surface area contributed by atoms with Gasteiger partial charge in [0.15, 0.2) is 0 Å². The van der Waals surface area contributed by atoms with Crippen LogP contribution in [0.15, 0.2) is 18.3 Å². The van der Waals surface area contributed by atoms with Gasteiger partial charge in [-0.1, -0.05) is 25.8 Å². The third-order valence-electron chi connectivity index (χ3n) is 3.89. The van der Waals surface area contributed by atoms with E-state index >= 15 is 0 Å². The summed E-state index contributed by atoms with van der Waals surface area (Å²) >= 11 is 0. The second-order valence-corrected chi connectivity index (χ2v) is 5.34. The molecule has 100 valence electrons. The molecule has 2 heterocycles. The summed E-state index contributed by atoms with van der Waals surface area (Å²) < 4.78 is 0. The molecule has 1 aromatic heterocycles. The predicted molar refractivity (Wildman–Crippen MR) is 74.7 cm³/mol. The van der Waals surface area contributed by atoms with Gasteiger partial charge in [-0.15, -0.1) is 0 Å². The van der Waals surface area contributed by atoms with Gasteiger partial charge in [0.2, 0.25) is 0 Å². The maximum atomic E-state index is 9.47. The molecular formula is C15H24N2O. The van der Waals surface area contributed by atoms with Crippen LogP contribution in [0.2, 0.25) is 0 Å². The van der Waals surface area contributed by atoms with Gasteiger partial charge in [-0.05, 0) is 37.3 Å². The minimum absolute atomic E-state index is 0.429. The highest BCUT2D eigenvalue weighted by molar-refractivity contribution is 5.40. The zero-order chi connectivity index (χ0) is 13.0. The Balaban J connectivity index is 1.93. The average molecular weight is 248 g/mol. The van der Waals surface area contributed by atoms with Gasteiger partial charge in [-0.3, -0.25) is 0 Å². The zero-order valence-electron chi connectivity index (χ0n) is 11.5. The Morgan fingerprint density at radius 3 is 2.61 bits per heavy atom. The van der Waals surface area contributed by atoms with Crippen molar-refractivity contribution in [2.75, 3.05) is 18.0 Å². The lowest BCUT2D eigenvalue weighted by molar-refractivity contribution is 0.199. The summed E-state index contributed by atoms with van der Waals surface area (Å²) in [6, 6.07) is 4.01. The van der Waals surface area contributed by atoms with Crippen LogP contribution < -0.4 is 4.90 Å². The molecule has 0 radical (unpaired) electrons. The largest absolute Gasteiger partial charge is 0.389 e. The number of rotatable bonds is 4. The van der Waals surface area contributed by atoms with Crippen molar-refractivity contribution < 1.29 is 5.11 Å². The van der Waals surface area contributed by atoms with E-state index < -0.39 is 6.10 Å². The van der Waals surface area contributed by atoms with Gasteiger partial charge >= 0.3 is 0 Å². The Bertz CT molecular complexity index is 353. The number of aromatic nitrogens is 1. The van der Waals surface area contributed by atoms with Crippen molar-refractivity contribution in [3.8, 4) is 0 Å². The van der Waals surface area contributed by atoms with Crippen LogP contribution in [0.3, 0.4) is 0 Å². The van der Waals surface area contributed by atoms with Crippen molar-refractivity contribution >= 4 is 5.82 Å². The highest BCUT2D eigenvalue weighted by Gasteiger charge is 2.19. The Hall–Kier alpha value is -1.09. The first-order valence-electron chi connectivity index (χ1n) is 7.09. The lowest BCUT2D eigenvalue weighted by atomic mass is 9.92. The fourth-order valence-electron chi connectivity index (χ4n) is 2.69. The molecule has 0 unspecified atom stereocenters. The second kappa shape index (κ2) is 6.19. The van der Waals surface area contributed by atoms with Crippen molar-refractivity contribution in [2.45, 2.75) is 45.6 Å². The number of pyridine rings is 1. The Labute approximate surface area is 110 Å². The third kappa shape index (κ3) is 3.22. The van der Waals surface area contributed by atoms with E-state index in [4.69, 9.17) is 0 Å². The molecule has 0 spiro atoms. The predicted octanol–water partition coefficient (Wildman–Crippen LogP) is 3.15. The van der Waals surface area contributed by atoms with E-state index in [2.05, 4.69) is 16.8 Å². The van der Waals surface area contributed by atoms with Crippen LogP contribution in [0.5, 0.6) is 0 Å². The molecule has 1 aromatic rings. The number of aliphatic hydroxyl groups excluding tert-OH is 1. The summed E-state index contributed by atoms with van der Waals surface area (Å²) in [5.41, 5.74) is 0.889. The molecule has 1 aliphatic heterocycles. The molecule has 0 aromatic carbocycles. The molecule has 0 aliphatic carbocycles. The van der Waals surface area contributed by atoms with E-state index in [0.29, 0.717) is 0 Å². The van der Waals surface area contributed by atoms with Crippen LogP contribution >= 0.6 is 0 Å². The monoisotopic (exact) mass is 248 g/mol. The number of hydrogen-bond donors (Lipinski definition) is 1. The number of anilines is 1. The smallest absolute Gasteiger partial charge is 0.128 e. The molecule has 3 nitrogen and oxygen atoms in total. The summed E-state index contributed by atoms with van der Waals surface area (Å²) in [5.74, 6) is 1.96. The van der Waals surface area contributed by atoms with Gasteiger partial charge in [0.25, 0.3) is 0 Å². The van der Waals surface area contributed by atoms with Gasteiger partial charge < -0.3 is 10.0 Å². The third-order valence-corrected chi connectivity index (χ3v) is 3.89. The van der Waals surface area contributed by atoms with Crippen molar-refractivity contribution in [2.24, 2.45) is 5.92 Å². The van der Waals surface area contributed by atoms with Gasteiger partial charge in [-0.2, -0.15) is 0 Å². The molecule has 1 atom stereocenters. The van der Waals surface area contributed by atoms with E-state index in [1.54, 1.807) is 13.1 Å². The lowest BCUT2D eigenvalue weighted by Crippen LogP contribution is -2.34. The quantitative estimate of drug-likeness (QED) is 0.889. The van der Waals surface area contributed by atoms with Crippen molar-refractivity contribution in [1.29, 1.82) is 0 Å². The zero-order valence-corrected chi connectivity index (χ0v) is 11.5. The first kappa shape index (κ1) is 13.3. The fraction of sp³-hybridized carbons (Fsp3) is 0.667. The molecule has 0 amide bonds. The van der Waals surface area contributed by atoms with Crippen LogP contribution in [-0.2, 0) is 0 Å². The molecule has 3 heteroatoms. The van der Waals surface area contributed by atoms with Crippen LogP contribution in [-0.4, -0.2) is 23.2 Å². The highest BCUT2D eigenvalue weighted by atomic mass is 16.3. The first-order chi connectivity index (χ1) is 8.70. The number of hydrogen-bond acceptors (Lipinski definition) is 3. The highest BCUT2D eigenvalue weighted by Crippen LogP contribution is 2.25. The average Bonchev–Trinajstić information content (AvgIpc) is 2.40. The molecule has 1 aliphatic rings. The molecular weight excluding hydrogens is 224 g/mol. The molecule has 0 saturated carbocycles. The topological polar surface area (TPSA) is 36.4 Å². The van der Waals surface area contributed by atoms with Gasteiger partial charge in [-0.25, -0.2) is 4.98 Å². The Kier molecular flexibility index (Phi) is 4.59.